The molecule has 0 unspecified atom stereocenters. The lowest BCUT2D eigenvalue weighted by atomic mass is 10.1. The molecule has 2 aromatic rings. The second-order valence-corrected chi connectivity index (χ2v) is 7.38. The van der Waals surface area contributed by atoms with Crippen LogP contribution in [0, 0.1) is 0 Å². The molecule has 1 aliphatic heterocycles. The average Bonchev–Trinajstić information content (AvgIpc) is 2.55. The van der Waals surface area contributed by atoms with E-state index >= 15 is 0 Å². The van der Waals surface area contributed by atoms with Crippen molar-refractivity contribution in [1.82, 2.24) is 0 Å². The van der Waals surface area contributed by atoms with Crippen molar-refractivity contribution < 1.29 is 17.9 Å². The molecule has 1 aliphatic rings. The quantitative estimate of drug-likeness (QED) is 0.937. The number of nitrogens with one attached hydrogen (secondary N) is 1. The number of ether oxygens (including phenoxy) is 1. The van der Waals surface area contributed by atoms with E-state index in [4.69, 9.17) is 4.74 Å². The maximum atomic E-state index is 12.3. The number of sulfone groups is 1. The summed E-state index contributed by atoms with van der Waals surface area (Å²) in [6.45, 7) is 2.05. The zero-order valence-electron chi connectivity index (χ0n) is 12.7. The number of anilines is 1. The van der Waals surface area contributed by atoms with E-state index < -0.39 is 21.8 Å². The highest BCUT2D eigenvalue weighted by molar-refractivity contribution is 7.91. The van der Waals surface area contributed by atoms with Crippen LogP contribution in [-0.2, 0) is 21.1 Å². The summed E-state index contributed by atoms with van der Waals surface area (Å²) in [4.78, 5) is 12.5. The van der Waals surface area contributed by atoms with E-state index in [1.165, 1.54) is 6.07 Å². The number of carbonyl (C=O) groups is 1. The molecule has 0 radical (unpaired) electrons. The fraction of sp³-hybridized carbons (Fsp3) is 0.235. The maximum absolute atomic E-state index is 12.3. The lowest BCUT2D eigenvalue weighted by molar-refractivity contribution is -0.122. The molecule has 6 heteroatoms. The van der Waals surface area contributed by atoms with Gasteiger partial charge >= 0.3 is 0 Å². The summed E-state index contributed by atoms with van der Waals surface area (Å²) in [5.41, 5.74) is 1.78. The van der Waals surface area contributed by atoms with Gasteiger partial charge in [-0.25, -0.2) is 8.42 Å². The van der Waals surface area contributed by atoms with Gasteiger partial charge in [0.15, 0.2) is 15.9 Å². The molecule has 5 nitrogen and oxygen atoms in total. The predicted octanol–water partition coefficient (Wildman–Crippen LogP) is 2.42. The van der Waals surface area contributed by atoms with Gasteiger partial charge in [0.25, 0.3) is 5.91 Å². The van der Waals surface area contributed by atoms with Crippen molar-refractivity contribution in [2.75, 3.05) is 11.1 Å². The van der Waals surface area contributed by atoms with Crippen LogP contribution in [0.15, 0.2) is 53.4 Å². The summed E-state index contributed by atoms with van der Waals surface area (Å²) in [6.07, 6.45) is -0.143. The van der Waals surface area contributed by atoms with Gasteiger partial charge in [-0.2, -0.15) is 0 Å². The summed E-state index contributed by atoms with van der Waals surface area (Å²) in [7, 11) is -3.53. The molecule has 1 N–H and O–H groups in total. The van der Waals surface area contributed by atoms with Crippen molar-refractivity contribution in [3.05, 3.63) is 54.1 Å². The molecule has 1 amide bonds. The minimum absolute atomic E-state index is 0.136. The van der Waals surface area contributed by atoms with Crippen LogP contribution >= 0.6 is 0 Å². The van der Waals surface area contributed by atoms with Gasteiger partial charge in [0, 0.05) is 5.69 Å². The second kappa shape index (κ2) is 6.04. The van der Waals surface area contributed by atoms with Crippen molar-refractivity contribution in [3.8, 4) is 5.75 Å². The fourth-order valence-electron chi connectivity index (χ4n) is 2.46. The van der Waals surface area contributed by atoms with Gasteiger partial charge in [0.05, 0.1) is 0 Å². The van der Waals surface area contributed by atoms with E-state index in [0.29, 0.717) is 5.69 Å². The second-order valence-electron chi connectivity index (χ2n) is 5.37. The number of rotatable bonds is 3. The zero-order valence-corrected chi connectivity index (χ0v) is 13.5. The number of carbonyl (C=O) groups excluding carboxylic acids is 1. The number of aryl methyl sites for hydroxylation is 1. The van der Waals surface area contributed by atoms with Crippen molar-refractivity contribution in [2.45, 2.75) is 24.3 Å². The molecule has 2 aromatic carbocycles. The smallest absolute Gasteiger partial charge is 0.266 e. The Morgan fingerprint density at radius 3 is 2.57 bits per heavy atom. The number of hydrogen-bond acceptors (Lipinski definition) is 4. The molecule has 0 saturated heterocycles. The molecule has 1 atom stereocenters. The Hall–Kier alpha value is -2.34. The van der Waals surface area contributed by atoms with E-state index in [0.717, 1.165) is 12.0 Å². The van der Waals surface area contributed by atoms with Crippen molar-refractivity contribution in [2.24, 2.45) is 0 Å². The van der Waals surface area contributed by atoms with E-state index in [2.05, 4.69) is 5.32 Å². The van der Waals surface area contributed by atoms with Crippen molar-refractivity contribution in [3.63, 3.8) is 0 Å². The third-order valence-corrected chi connectivity index (χ3v) is 5.50. The number of hydrogen-bond donors (Lipinski definition) is 1. The molecule has 3 rings (SSSR count). The van der Waals surface area contributed by atoms with Gasteiger partial charge in [-0.3, -0.25) is 4.79 Å². The number of fused-ring (bicyclic) bond motifs is 1. The summed E-state index contributed by atoms with van der Waals surface area (Å²) in [6, 6.07) is 13.8. The Morgan fingerprint density at radius 2 is 1.87 bits per heavy atom. The zero-order chi connectivity index (χ0) is 16.4. The predicted molar refractivity (Wildman–Crippen MR) is 87.4 cm³/mol. The first-order valence-electron chi connectivity index (χ1n) is 7.38. The molecule has 0 fully saturated rings. The van der Waals surface area contributed by atoms with Crippen molar-refractivity contribution >= 4 is 21.4 Å². The highest BCUT2D eigenvalue weighted by atomic mass is 32.2. The molecule has 23 heavy (non-hydrogen) atoms. The van der Waals surface area contributed by atoms with Crippen LogP contribution in [0.2, 0.25) is 0 Å². The monoisotopic (exact) mass is 331 g/mol. The van der Waals surface area contributed by atoms with Gasteiger partial charge in [-0.15, -0.1) is 0 Å². The number of para-hydroxylation sites is 1. The SMILES string of the molecule is CCc1ccc(NC(=O)[C@@H]2CS(=O)(=O)c3ccccc3O2)cc1. The van der Waals surface area contributed by atoms with Gasteiger partial charge in [0.2, 0.25) is 0 Å². The van der Waals surface area contributed by atoms with Crippen LogP contribution in [0.1, 0.15) is 12.5 Å². The van der Waals surface area contributed by atoms with Gasteiger partial charge in [0.1, 0.15) is 16.4 Å². The third-order valence-electron chi connectivity index (χ3n) is 3.75. The van der Waals surface area contributed by atoms with E-state index in [-0.39, 0.29) is 16.4 Å². The Kier molecular flexibility index (Phi) is 4.09. The number of benzene rings is 2. The molecule has 0 saturated carbocycles. The first-order chi connectivity index (χ1) is 11.0. The minimum Gasteiger partial charge on any atom is -0.478 e. The summed E-state index contributed by atoms with van der Waals surface area (Å²) in [5.74, 6) is -0.601. The maximum Gasteiger partial charge on any atom is 0.266 e. The lowest BCUT2D eigenvalue weighted by Gasteiger charge is -2.25. The topological polar surface area (TPSA) is 72.5 Å². The van der Waals surface area contributed by atoms with E-state index in [1.54, 1.807) is 30.3 Å². The molecule has 0 aliphatic carbocycles. The van der Waals surface area contributed by atoms with Crippen LogP contribution < -0.4 is 10.1 Å². The average molecular weight is 331 g/mol. The molecule has 120 valence electrons. The van der Waals surface area contributed by atoms with Gasteiger partial charge in [-0.1, -0.05) is 31.2 Å². The highest BCUT2D eigenvalue weighted by Gasteiger charge is 2.35. The molecular formula is C17H17NO4S. The Morgan fingerprint density at radius 1 is 1.17 bits per heavy atom. The Balaban J connectivity index is 1.78. The van der Waals surface area contributed by atoms with Gasteiger partial charge in [-0.05, 0) is 36.2 Å². The summed E-state index contributed by atoms with van der Waals surface area (Å²) >= 11 is 0. The Labute approximate surface area is 135 Å². The summed E-state index contributed by atoms with van der Waals surface area (Å²) < 4.78 is 30.1. The first-order valence-corrected chi connectivity index (χ1v) is 9.03. The van der Waals surface area contributed by atoms with Crippen molar-refractivity contribution in [1.29, 1.82) is 0 Å². The number of amides is 1. The molecular weight excluding hydrogens is 314 g/mol. The normalized spacial score (nSPS) is 18.6. The highest BCUT2D eigenvalue weighted by Crippen LogP contribution is 2.30. The van der Waals surface area contributed by atoms with Gasteiger partial charge < -0.3 is 10.1 Å². The standard InChI is InChI=1S/C17H17NO4S/c1-2-12-7-9-13(10-8-12)18-17(19)15-11-23(20,21)16-6-4-3-5-14(16)22-15/h3-10,15H,2,11H2,1H3,(H,18,19)/t15-/m0/s1. The fourth-order valence-corrected chi connectivity index (χ4v) is 3.96. The molecule has 0 bridgehead atoms. The van der Waals surface area contributed by atoms with E-state index in [1.807, 2.05) is 19.1 Å². The van der Waals surface area contributed by atoms with Crippen LogP contribution in [-0.4, -0.2) is 26.2 Å². The lowest BCUT2D eigenvalue weighted by Crippen LogP contribution is -2.41. The third kappa shape index (κ3) is 3.22. The minimum atomic E-state index is -3.53. The summed E-state index contributed by atoms with van der Waals surface area (Å²) in [5, 5.41) is 2.70. The Bertz CT molecular complexity index is 828. The van der Waals surface area contributed by atoms with Crippen LogP contribution in [0.3, 0.4) is 0 Å². The van der Waals surface area contributed by atoms with Crippen LogP contribution in [0.4, 0.5) is 5.69 Å². The molecule has 1 heterocycles. The molecule has 0 spiro atoms. The first kappa shape index (κ1) is 15.6. The molecule has 0 aromatic heterocycles. The van der Waals surface area contributed by atoms with E-state index in [9.17, 15) is 13.2 Å². The van der Waals surface area contributed by atoms with Crippen LogP contribution in [0.5, 0.6) is 5.75 Å². The van der Waals surface area contributed by atoms with Crippen LogP contribution in [0.25, 0.3) is 0 Å². The largest absolute Gasteiger partial charge is 0.478 e.